The quantitative estimate of drug-likeness (QED) is 0.866. The monoisotopic (exact) mass is 268 g/mol. The normalized spacial score (nSPS) is 16.4. The van der Waals surface area contributed by atoms with Gasteiger partial charge in [0.25, 0.3) is 0 Å². The maximum absolute atomic E-state index is 5.98. The summed E-state index contributed by atoms with van der Waals surface area (Å²) in [6, 6.07) is 3.67. The Hall–Kier alpha value is -0.730. The molecule has 3 rings (SSSR count). The van der Waals surface area contributed by atoms with Crippen molar-refractivity contribution in [1.29, 1.82) is 0 Å². The second-order valence-corrected chi connectivity index (χ2v) is 5.62. The number of hydrogen-bond donors (Lipinski definition) is 1. The Morgan fingerprint density at radius 2 is 2.00 bits per heavy atom. The van der Waals surface area contributed by atoms with E-state index < -0.39 is 0 Å². The van der Waals surface area contributed by atoms with Crippen molar-refractivity contribution in [3.63, 3.8) is 0 Å². The average Bonchev–Trinajstić information content (AvgIpc) is 2.58. The third-order valence-electron chi connectivity index (χ3n) is 3.59. The Kier molecular flexibility index (Phi) is 3.01. The van der Waals surface area contributed by atoms with Crippen molar-refractivity contribution in [3.8, 4) is 0 Å². The van der Waals surface area contributed by atoms with E-state index in [1.165, 1.54) is 25.7 Å². The highest BCUT2D eigenvalue weighted by atomic mass is 35.5. The fourth-order valence-corrected chi connectivity index (χ4v) is 2.62. The fraction of sp³-hybridized carbons (Fsp3) is 0.462. The maximum Gasteiger partial charge on any atom is 0.107 e. The highest BCUT2D eigenvalue weighted by molar-refractivity contribution is 6.42. The minimum absolute atomic E-state index is 0.566. The summed E-state index contributed by atoms with van der Waals surface area (Å²) in [5.41, 5.74) is 1.88. The van der Waals surface area contributed by atoms with Crippen molar-refractivity contribution in [2.45, 2.75) is 32.1 Å². The van der Waals surface area contributed by atoms with Crippen LogP contribution < -0.4 is 0 Å². The molecule has 90 valence electrons. The van der Waals surface area contributed by atoms with E-state index in [2.05, 4.69) is 9.97 Å². The van der Waals surface area contributed by atoms with E-state index in [1.54, 1.807) is 0 Å². The largest absolute Gasteiger partial charge is 0.342 e. The number of aryl methyl sites for hydroxylation is 1. The minimum Gasteiger partial charge on any atom is -0.342 e. The predicted octanol–water partition coefficient (Wildman–Crippen LogP) is 4.60. The molecule has 1 saturated carbocycles. The molecule has 1 heterocycles. The number of nitrogens with zero attached hydrogens (tertiary/aromatic N) is 1. The summed E-state index contributed by atoms with van der Waals surface area (Å²) in [4.78, 5) is 7.86. The van der Waals surface area contributed by atoms with Gasteiger partial charge in [-0.15, -0.1) is 0 Å². The molecule has 0 bridgehead atoms. The van der Waals surface area contributed by atoms with Gasteiger partial charge in [-0.1, -0.05) is 42.5 Å². The lowest BCUT2D eigenvalue weighted by Gasteiger charge is -2.24. The number of hydrogen-bond acceptors (Lipinski definition) is 1. The van der Waals surface area contributed by atoms with Gasteiger partial charge >= 0.3 is 0 Å². The van der Waals surface area contributed by atoms with Crippen LogP contribution in [-0.2, 0) is 6.42 Å². The van der Waals surface area contributed by atoms with Crippen molar-refractivity contribution in [2.24, 2.45) is 5.92 Å². The molecule has 1 aromatic heterocycles. The summed E-state index contributed by atoms with van der Waals surface area (Å²) in [6.07, 6.45) is 6.43. The number of aromatic nitrogens is 2. The number of nitrogens with one attached hydrogen (secondary N) is 1. The lowest BCUT2D eigenvalue weighted by molar-refractivity contribution is 0.295. The van der Waals surface area contributed by atoms with E-state index >= 15 is 0 Å². The van der Waals surface area contributed by atoms with Gasteiger partial charge in [0.2, 0.25) is 0 Å². The molecule has 0 unspecified atom stereocenters. The molecule has 0 radical (unpaired) electrons. The smallest absolute Gasteiger partial charge is 0.107 e. The number of fused-ring (bicyclic) bond motifs is 1. The van der Waals surface area contributed by atoms with E-state index in [0.29, 0.717) is 10.0 Å². The third kappa shape index (κ3) is 2.29. The Labute approximate surface area is 110 Å². The van der Waals surface area contributed by atoms with Gasteiger partial charge in [0.1, 0.15) is 5.82 Å². The first-order valence-electron chi connectivity index (χ1n) is 6.06. The molecule has 1 N–H and O–H groups in total. The Balaban J connectivity index is 1.80. The van der Waals surface area contributed by atoms with E-state index in [1.807, 2.05) is 12.1 Å². The molecule has 17 heavy (non-hydrogen) atoms. The number of halogens is 2. The van der Waals surface area contributed by atoms with Crippen LogP contribution in [0.5, 0.6) is 0 Å². The first-order valence-corrected chi connectivity index (χ1v) is 6.81. The number of benzene rings is 1. The summed E-state index contributed by atoms with van der Waals surface area (Å²) in [5, 5.41) is 1.14. The molecule has 4 heteroatoms. The van der Waals surface area contributed by atoms with Crippen molar-refractivity contribution >= 4 is 34.2 Å². The minimum atomic E-state index is 0.566. The van der Waals surface area contributed by atoms with Gasteiger partial charge < -0.3 is 4.98 Å². The SMILES string of the molecule is Clc1cc2nc(CCC3CCC3)[nH]c2cc1Cl. The standard InChI is InChI=1S/C13H14Cl2N2/c14-9-6-11-12(7-10(9)15)17-13(16-11)5-4-8-2-1-3-8/h6-8H,1-5H2,(H,16,17). The van der Waals surface area contributed by atoms with Gasteiger partial charge in [-0.25, -0.2) is 4.98 Å². The molecule has 2 aromatic rings. The highest BCUT2D eigenvalue weighted by Gasteiger charge is 2.17. The summed E-state index contributed by atoms with van der Waals surface area (Å²) >= 11 is 11.9. The van der Waals surface area contributed by atoms with E-state index in [-0.39, 0.29) is 0 Å². The number of H-pyrrole nitrogens is 1. The lowest BCUT2D eigenvalue weighted by atomic mass is 9.82. The zero-order valence-electron chi connectivity index (χ0n) is 9.47. The van der Waals surface area contributed by atoms with Crippen LogP contribution in [-0.4, -0.2) is 9.97 Å². The van der Waals surface area contributed by atoms with Crippen molar-refractivity contribution < 1.29 is 0 Å². The first-order chi connectivity index (χ1) is 8.22. The number of rotatable bonds is 3. The van der Waals surface area contributed by atoms with Gasteiger partial charge in [0.15, 0.2) is 0 Å². The van der Waals surface area contributed by atoms with Crippen LogP contribution in [0.15, 0.2) is 12.1 Å². The number of imidazole rings is 1. The van der Waals surface area contributed by atoms with Crippen LogP contribution in [0.3, 0.4) is 0 Å². The van der Waals surface area contributed by atoms with Gasteiger partial charge in [-0.2, -0.15) is 0 Å². The van der Waals surface area contributed by atoms with Crippen LogP contribution in [0.25, 0.3) is 11.0 Å². The van der Waals surface area contributed by atoms with Gasteiger partial charge in [-0.05, 0) is 24.5 Å². The molecule has 1 aliphatic rings. The molecule has 0 amide bonds. The van der Waals surface area contributed by atoms with Crippen LogP contribution >= 0.6 is 23.2 Å². The molecule has 1 aromatic carbocycles. The molecule has 1 fully saturated rings. The van der Waals surface area contributed by atoms with Crippen LogP contribution in [0.2, 0.25) is 10.0 Å². The molecule has 0 spiro atoms. The average molecular weight is 269 g/mol. The zero-order chi connectivity index (χ0) is 11.8. The van der Waals surface area contributed by atoms with Crippen molar-refractivity contribution in [1.82, 2.24) is 9.97 Å². The molecule has 0 saturated heterocycles. The van der Waals surface area contributed by atoms with Gasteiger partial charge in [0, 0.05) is 6.42 Å². The summed E-state index contributed by atoms with van der Waals surface area (Å²) < 4.78 is 0. The van der Waals surface area contributed by atoms with Crippen molar-refractivity contribution in [3.05, 3.63) is 28.0 Å². The molecule has 1 aliphatic carbocycles. The topological polar surface area (TPSA) is 28.7 Å². The van der Waals surface area contributed by atoms with Gasteiger partial charge in [-0.3, -0.25) is 0 Å². The van der Waals surface area contributed by atoms with Crippen molar-refractivity contribution in [2.75, 3.05) is 0 Å². The summed E-state index contributed by atoms with van der Waals surface area (Å²) in [5.74, 6) is 1.96. The molecule has 0 atom stereocenters. The van der Waals surface area contributed by atoms with E-state index in [9.17, 15) is 0 Å². The van der Waals surface area contributed by atoms with Crippen LogP contribution in [0.4, 0.5) is 0 Å². The number of aromatic amines is 1. The van der Waals surface area contributed by atoms with E-state index in [0.717, 1.165) is 29.2 Å². The fourth-order valence-electron chi connectivity index (χ4n) is 2.30. The summed E-state index contributed by atoms with van der Waals surface area (Å²) in [7, 11) is 0. The zero-order valence-corrected chi connectivity index (χ0v) is 11.0. The highest BCUT2D eigenvalue weighted by Crippen LogP contribution is 2.31. The van der Waals surface area contributed by atoms with Gasteiger partial charge in [0.05, 0.1) is 21.1 Å². The predicted molar refractivity (Wildman–Crippen MR) is 71.8 cm³/mol. The molecule has 2 nitrogen and oxygen atoms in total. The van der Waals surface area contributed by atoms with Crippen LogP contribution in [0, 0.1) is 5.92 Å². The second kappa shape index (κ2) is 4.51. The maximum atomic E-state index is 5.98. The Morgan fingerprint density at radius 1 is 1.24 bits per heavy atom. The molecular formula is C13H14Cl2N2. The second-order valence-electron chi connectivity index (χ2n) is 4.80. The van der Waals surface area contributed by atoms with Crippen LogP contribution in [0.1, 0.15) is 31.5 Å². The summed E-state index contributed by atoms with van der Waals surface area (Å²) in [6.45, 7) is 0. The first kappa shape index (κ1) is 11.4. The Morgan fingerprint density at radius 3 is 2.71 bits per heavy atom. The van der Waals surface area contributed by atoms with E-state index in [4.69, 9.17) is 23.2 Å². The lowest BCUT2D eigenvalue weighted by Crippen LogP contribution is -2.11. The molecule has 0 aliphatic heterocycles. The Bertz CT molecular complexity index is 505. The molecular weight excluding hydrogens is 255 g/mol. The third-order valence-corrected chi connectivity index (χ3v) is 4.31.